The first-order valence-electron chi connectivity index (χ1n) is 9.68. The number of ether oxygens (including phenoxy) is 1. The fraction of sp³-hybridized carbons (Fsp3) is 0.550. The Labute approximate surface area is 167 Å². The number of nitrogens with zero attached hydrogens (tertiary/aromatic N) is 2. The third-order valence-electron chi connectivity index (χ3n) is 6.07. The number of hydrogen-bond acceptors (Lipinski definition) is 5. The summed E-state index contributed by atoms with van der Waals surface area (Å²) in [5.74, 6) is -0.742. The summed E-state index contributed by atoms with van der Waals surface area (Å²) in [5, 5.41) is 16.6. The lowest BCUT2D eigenvalue weighted by atomic mass is 9.82. The van der Waals surface area contributed by atoms with Gasteiger partial charge in [-0.2, -0.15) is 5.10 Å². The number of amides is 1. The molecule has 8 heteroatoms. The number of thiophene rings is 1. The van der Waals surface area contributed by atoms with E-state index in [1.165, 1.54) is 11.3 Å². The number of carboxylic acid groups (broad SMARTS) is 1. The number of aryl methyl sites for hydroxylation is 2. The van der Waals surface area contributed by atoms with Gasteiger partial charge in [-0.25, -0.2) is 4.79 Å². The number of H-pyrrole nitrogens is 1. The average Bonchev–Trinajstić information content (AvgIpc) is 3.26. The Bertz CT molecular complexity index is 909. The van der Waals surface area contributed by atoms with Crippen LogP contribution in [0.15, 0.2) is 6.07 Å². The van der Waals surface area contributed by atoms with E-state index in [9.17, 15) is 14.7 Å². The Morgan fingerprint density at radius 1 is 1.36 bits per heavy atom. The number of aromatic nitrogens is 2. The molecule has 150 valence electrons. The van der Waals surface area contributed by atoms with E-state index >= 15 is 0 Å². The predicted molar refractivity (Wildman–Crippen MR) is 105 cm³/mol. The summed E-state index contributed by atoms with van der Waals surface area (Å²) in [6, 6.07) is 1.78. The van der Waals surface area contributed by atoms with Crippen LogP contribution in [0.1, 0.15) is 56.3 Å². The van der Waals surface area contributed by atoms with Crippen molar-refractivity contribution < 1.29 is 19.4 Å². The van der Waals surface area contributed by atoms with Crippen molar-refractivity contribution in [3.63, 3.8) is 0 Å². The van der Waals surface area contributed by atoms with Crippen molar-refractivity contribution in [1.82, 2.24) is 15.1 Å². The van der Waals surface area contributed by atoms with Gasteiger partial charge in [0, 0.05) is 42.9 Å². The van der Waals surface area contributed by atoms with Crippen LogP contribution >= 0.6 is 11.3 Å². The maximum absolute atomic E-state index is 12.7. The fourth-order valence-electron chi connectivity index (χ4n) is 4.22. The highest BCUT2D eigenvalue weighted by molar-refractivity contribution is 7.14. The summed E-state index contributed by atoms with van der Waals surface area (Å²) in [5.41, 5.74) is 3.71. The van der Waals surface area contributed by atoms with E-state index in [0.29, 0.717) is 50.3 Å². The maximum atomic E-state index is 12.7. The lowest BCUT2D eigenvalue weighted by Gasteiger charge is -2.44. The van der Waals surface area contributed by atoms with Crippen LogP contribution in [-0.4, -0.2) is 51.8 Å². The lowest BCUT2D eigenvalue weighted by Crippen LogP contribution is -2.48. The van der Waals surface area contributed by atoms with Crippen LogP contribution in [0.25, 0.3) is 0 Å². The van der Waals surface area contributed by atoms with Crippen LogP contribution in [0.4, 0.5) is 0 Å². The van der Waals surface area contributed by atoms with E-state index in [2.05, 4.69) is 10.2 Å². The second-order valence-electron chi connectivity index (χ2n) is 7.65. The summed E-state index contributed by atoms with van der Waals surface area (Å²) in [6.45, 7) is 5.88. The first kappa shape index (κ1) is 19.1. The summed E-state index contributed by atoms with van der Waals surface area (Å²) in [6.07, 6.45) is 3.28. The van der Waals surface area contributed by atoms with E-state index in [4.69, 9.17) is 4.74 Å². The second-order valence-corrected chi connectivity index (χ2v) is 8.78. The molecule has 0 radical (unpaired) electrons. The molecule has 2 aliphatic heterocycles. The molecule has 1 spiro atoms. The van der Waals surface area contributed by atoms with Crippen molar-refractivity contribution in [1.29, 1.82) is 0 Å². The Balaban J connectivity index is 1.40. The van der Waals surface area contributed by atoms with Gasteiger partial charge in [-0.05, 0) is 43.9 Å². The highest BCUT2D eigenvalue weighted by Crippen LogP contribution is 2.44. The van der Waals surface area contributed by atoms with Crippen LogP contribution in [0.5, 0.6) is 0 Å². The Morgan fingerprint density at radius 2 is 2.11 bits per heavy atom. The topological polar surface area (TPSA) is 95.5 Å². The normalized spacial score (nSPS) is 18.3. The minimum absolute atomic E-state index is 0.141. The highest BCUT2D eigenvalue weighted by atomic mass is 32.1. The number of aromatic carboxylic acids is 1. The predicted octanol–water partition coefficient (Wildman–Crippen LogP) is 2.81. The number of piperidine rings is 1. The highest BCUT2D eigenvalue weighted by Gasteiger charge is 2.43. The molecule has 0 saturated carbocycles. The molecule has 2 N–H and O–H groups in total. The van der Waals surface area contributed by atoms with Gasteiger partial charge >= 0.3 is 5.97 Å². The molecule has 0 bridgehead atoms. The van der Waals surface area contributed by atoms with Crippen molar-refractivity contribution in [2.45, 2.75) is 51.6 Å². The molecule has 0 aromatic carbocycles. The number of likely N-dealkylation sites (tertiary alicyclic amines) is 1. The van der Waals surface area contributed by atoms with Crippen LogP contribution in [0.3, 0.4) is 0 Å². The quantitative estimate of drug-likeness (QED) is 0.818. The zero-order valence-corrected chi connectivity index (χ0v) is 17.0. The largest absolute Gasteiger partial charge is 0.477 e. The van der Waals surface area contributed by atoms with Gasteiger partial charge in [-0.3, -0.25) is 9.89 Å². The van der Waals surface area contributed by atoms with E-state index in [1.54, 1.807) is 6.07 Å². The molecular formula is C20H25N3O4S. The van der Waals surface area contributed by atoms with E-state index in [0.717, 1.165) is 33.8 Å². The van der Waals surface area contributed by atoms with Gasteiger partial charge in [0.05, 0.1) is 17.9 Å². The first-order valence-corrected chi connectivity index (χ1v) is 10.5. The molecule has 2 aliphatic rings. The molecule has 2 aromatic heterocycles. The van der Waals surface area contributed by atoms with Gasteiger partial charge < -0.3 is 14.7 Å². The Morgan fingerprint density at radius 3 is 2.75 bits per heavy atom. The third kappa shape index (κ3) is 3.35. The SMILES string of the molecule is Cc1[nH]nc(CCC(=O)N2CCC3(CC2)OCCc2sc(C(=O)O)cc23)c1C. The number of carbonyl (C=O) groups is 2. The molecule has 28 heavy (non-hydrogen) atoms. The van der Waals surface area contributed by atoms with Gasteiger partial charge in [0.1, 0.15) is 4.88 Å². The number of hydrogen-bond donors (Lipinski definition) is 2. The smallest absolute Gasteiger partial charge is 0.345 e. The standard InChI is InChI=1S/C20H25N3O4S/c1-12-13(2)21-22-15(12)3-4-18(24)23-8-6-20(7-9-23)14-11-17(19(25)26)28-16(14)5-10-27-20/h11H,3-10H2,1-2H3,(H,21,22)(H,25,26). The minimum Gasteiger partial charge on any atom is -0.477 e. The van der Waals surface area contributed by atoms with E-state index in [-0.39, 0.29) is 5.91 Å². The number of carboxylic acids is 1. The van der Waals surface area contributed by atoms with Crippen LogP contribution in [-0.2, 0) is 28.0 Å². The Kier molecular flexibility index (Phi) is 5.01. The fourth-order valence-corrected chi connectivity index (χ4v) is 5.29. The zero-order chi connectivity index (χ0) is 19.9. The van der Waals surface area contributed by atoms with Crippen molar-refractivity contribution in [3.8, 4) is 0 Å². The summed E-state index contributed by atoms with van der Waals surface area (Å²) >= 11 is 1.36. The molecule has 0 aliphatic carbocycles. The molecule has 1 fully saturated rings. The lowest BCUT2D eigenvalue weighted by molar-refractivity contribution is -0.140. The first-order chi connectivity index (χ1) is 13.4. The summed E-state index contributed by atoms with van der Waals surface area (Å²) in [7, 11) is 0. The van der Waals surface area contributed by atoms with E-state index < -0.39 is 11.6 Å². The Hall–Kier alpha value is -2.19. The molecule has 4 heterocycles. The van der Waals surface area contributed by atoms with Crippen molar-refractivity contribution in [3.05, 3.63) is 38.3 Å². The number of fused-ring (bicyclic) bond motifs is 2. The number of aromatic amines is 1. The number of nitrogens with one attached hydrogen (secondary N) is 1. The van der Waals surface area contributed by atoms with Crippen LogP contribution in [0.2, 0.25) is 0 Å². The molecule has 0 atom stereocenters. The third-order valence-corrected chi connectivity index (χ3v) is 7.25. The summed E-state index contributed by atoms with van der Waals surface area (Å²) in [4.78, 5) is 27.4. The van der Waals surface area contributed by atoms with Gasteiger partial charge in [-0.1, -0.05) is 0 Å². The molecule has 1 saturated heterocycles. The van der Waals surface area contributed by atoms with Gasteiger partial charge in [-0.15, -0.1) is 11.3 Å². The number of rotatable bonds is 4. The maximum Gasteiger partial charge on any atom is 0.345 e. The average molecular weight is 404 g/mol. The molecule has 0 unspecified atom stereocenters. The molecule has 2 aromatic rings. The van der Waals surface area contributed by atoms with E-state index in [1.807, 2.05) is 18.7 Å². The van der Waals surface area contributed by atoms with Gasteiger partial charge in [0.15, 0.2) is 0 Å². The zero-order valence-electron chi connectivity index (χ0n) is 16.2. The molecule has 1 amide bonds. The van der Waals surface area contributed by atoms with Crippen molar-refractivity contribution in [2.75, 3.05) is 19.7 Å². The number of carbonyl (C=O) groups excluding carboxylic acids is 1. The molecule has 7 nitrogen and oxygen atoms in total. The summed E-state index contributed by atoms with van der Waals surface area (Å²) < 4.78 is 6.16. The second kappa shape index (κ2) is 7.33. The van der Waals surface area contributed by atoms with Gasteiger partial charge in [0.2, 0.25) is 5.91 Å². The van der Waals surface area contributed by atoms with Crippen LogP contribution < -0.4 is 0 Å². The molecule has 4 rings (SSSR count). The van der Waals surface area contributed by atoms with Crippen LogP contribution in [0, 0.1) is 13.8 Å². The monoisotopic (exact) mass is 403 g/mol. The molecular weight excluding hydrogens is 378 g/mol. The minimum atomic E-state index is -0.883. The van der Waals surface area contributed by atoms with Crippen molar-refractivity contribution >= 4 is 23.2 Å². The van der Waals surface area contributed by atoms with Crippen molar-refractivity contribution in [2.24, 2.45) is 0 Å². The van der Waals surface area contributed by atoms with Gasteiger partial charge in [0.25, 0.3) is 0 Å².